The van der Waals surface area contributed by atoms with Crippen molar-refractivity contribution < 1.29 is 4.74 Å². The zero-order valence-corrected chi connectivity index (χ0v) is 11.7. The fourth-order valence-corrected chi connectivity index (χ4v) is 3.31. The number of nitrogens with one attached hydrogen (secondary N) is 1. The van der Waals surface area contributed by atoms with Gasteiger partial charge in [-0.2, -0.15) is 0 Å². The lowest BCUT2D eigenvalue weighted by Crippen LogP contribution is -2.34. The van der Waals surface area contributed by atoms with E-state index >= 15 is 0 Å². The first-order chi connectivity index (χ1) is 8.24. The van der Waals surface area contributed by atoms with E-state index in [0.717, 1.165) is 32.1 Å². The van der Waals surface area contributed by atoms with Crippen LogP contribution in [0.4, 0.5) is 0 Å². The van der Waals surface area contributed by atoms with E-state index < -0.39 is 0 Å². The Morgan fingerprint density at radius 1 is 1.41 bits per heavy atom. The molecule has 2 nitrogen and oxygen atoms in total. The van der Waals surface area contributed by atoms with Crippen LogP contribution < -0.4 is 5.32 Å². The summed E-state index contributed by atoms with van der Waals surface area (Å²) >= 11 is 1.92. The minimum absolute atomic E-state index is 0.580. The monoisotopic (exact) mass is 253 g/mol. The molecule has 2 heterocycles. The molecule has 1 fully saturated rings. The van der Waals surface area contributed by atoms with Crippen LogP contribution >= 0.6 is 11.3 Å². The molecule has 0 saturated carbocycles. The van der Waals surface area contributed by atoms with Crippen LogP contribution in [0.15, 0.2) is 12.1 Å². The van der Waals surface area contributed by atoms with Crippen molar-refractivity contribution in [1.82, 2.24) is 5.32 Å². The maximum Gasteiger partial charge on any atom is 0.0469 e. The lowest BCUT2D eigenvalue weighted by molar-refractivity contribution is 0.0656. The molecule has 1 aromatic heterocycles. The standard InChI is InChI=1S/C14H23NOS/c1-11(9-14-4-3-12(2)17-14)15-10-13-5-7-16-8-6-13/h3-4,11,13,15H,5-10H2,1-2H3. The van der Waals surface area contributed by atoms with E-state index in [0.29, 0.717) is 6.04 Å². The van der Waals surface area contributed by atoms with E-state index in [2.05, 4.69) is 31.3 Å². The third-order valence-corrected chi connectivity index (χ3v) is 4.42. The van der Waals surface area contributed by atoms with Gasteiger partial charge in [0.25, 0.3) is 0 Å². The Hall–Kier alpha value is -0.380. The smallest absolute Gasteiger partial charge is 0.0469 e. The van der Waals surface area contributed by atoms with E-state index in [1.165, 1.54) is 22.6 Å². The highest BCUT2D eigenvalue weighted by atomic mass is 32.1. The minimum Gasteiger partial charge on any atom is -0.381 e. The van der Waals surface area contributed by atoms with Crippen LogP contribution in [0.5, 0.6) is 0 Å². The van der Waals surface area contributed by atoms with Gasteiger partial charge in [0.15, 0.2) is 0 Å². The van der Waals surface area contributed by atoms with Gasteiger partial charge in [0.05, 0.1) is 0 Å². The molecule has 3 heteroatoms. The van der Waals surface area contributed by atoms with Crippen LogP contribution in [0.2, 0.25) is 0 Å². The molecular weight excluding hydrogens is 230 g/mol. The molecule has 1 N–H and O–H groups in total. The number of hydrogen-bond acceptors (Lipinski definition) is 3. The molecule has 1 atom stereocenters. The summed E-state index contributed by atoms with van der Waals surface area (Å²) in [6, 6.07) is 5.05. The zero-order valence-electron chi connectivity index (χ0n) is 10.9. The fourth-order valence-electron chi connectivity index (χ4n) is 2.29. The largest absolute Gasteiger partial charge is 0.381 e. The van der Waals surface area contributed by atoms with E-state index in [1.807, 2.05) is 11.3 Å². The normalized spacial score (nSPS) is 19.4. The Balaban J connectivity index is 1.68. The van der Waals surface area contributed by atoms with Gasteiger partial charge in [0.2, 0.25) is 0 Å². The molecule has 2 rings (SSSR count). The molecule has 1 saturated heterocycles. The zero-order chi connectivity index (χ0) is 12.1. The summed E-state index contributed by atoms with van der Waals surface area (Å²) in [6.07, 6.45) is 3.59. The number of rotatable bonds is 5. The van der Waals surface area contributed by atoms with Gasteiger partial charge in [0, 0.05) is 29.0 Å². The molecule has 0 aromatic carbocycles. The molecular formula is C14H23NOS. The van der Waals surface area contributed by atoms with Crippen LogP contribution in [-0.4, -0.2) is 25.8 Å². The SMILES string of the molecule is Cc1ccc(CC(C)NCC2CCOCC2)s1. The molecule has 1 aromatic rings. The fraction of sp³-hybridized carbons (Fsp3) is 0.714. The van der Waals surface area contributed by atoms with Crippen molar-refractivity contribution in [2.45, 2.75) is 39.2 Å². The molecule has 96 valence electrons. The van der Waals surface area contributed by atoms with Gasteiger partial charge >= 0.3 is 0 Å². The predicted octanol–water partition coefficient (Wildman–Crippen LogP) is 3.00. The van der Waals surface area contributed by atoms with Gasteiger partial charge < -0.3 is 10.1 Å². The molecule has 0 aliphatic carbocycles. The van der Waals surface area contributed by atoms with Crippen LogP contribution in [0.3, 0.4) is 0 Å². The van der Waals surface area contributed by atoms with Crippen molar-refractivity contribution in [2.75, 3.05) is 19.8 Å². The average molecular weight is 253 g/mol. The summed E-state index contributed by atoms with van der Waals surface area (Å²) in [6.45, 7) is 7.51. The first-order valence-electron chi connectivity index (χ1n) is 6.60. The number of thiophene rings is 1. The van der Waals surface area contributed by atoms with Crippen molar-refractivity contribution in [3.05, 3.63) is 21.9 Å². The Labute approximate surface area is 108 Å². The molecule has 17 heavy (non-hydrogen) atoms. The van der Waals surface area contributed by atoms with Crippen LogP contribution in [0, 0.1) is 12.8 Å². The molecule has 1 unspecified atom stereocenters. The third-order valence-electron chi connectivity index (χ3n) is 3.40. The highest BCUT2D eigenvalue weighted by Gasteiger charge is 2.14. The summed E-state index contributed by atoms with van der Waals surface area (Å²) in [5.41, 5.74) is 0. The van der Waals surface area contributed by atoms with Crippen molar-refractivity contribution >= 4 is 11.3 Å². The van der Waals surface area contributed by atoms with Gasteiger partial charge in [0.1, 0.15) is 0 Å². The quantitative estimate of drug-likeness (QED) is 0.871. The number of hydrogen-bond donors (Lipinski definition) is 1. The van der Waals surface area contributed by atoms with Crippen LogP contribution in [-0.2, 0) is 11.2 Å². The molecule has 0 bridgehead atoms. The van der Waals surface area contributed by atoms with Crippen molar-refractivity contribution in [3.8, 4) is 0 Å². The number of ether oxygens (including phenoxy) is 1. The van der Waals surface area contributed by atoms with Gasteiger partial charge in [-0.25, -0.2) is 0 Å². The first kappa shape index (κ1) is 13.1. The lowest BCUT2D eigenvalue weighted by Gasteiger charge is -2.24. The molecule has 1 aliphatic heterocycles. The molecule has 1 aliphatic rings. The van der Waals surface area contributed by atoms with Crippen LogP contribution in [0.1, 0.15) is 29.5 Å². The summed E-state index contributed by atoms with van der Waals surface area (Å²) < 4.78 is 5.38. The van der Waals surface area contributed by atoms with Crippen molar-refractivity contribution in [1.29, 1.82) is 0 Å². The number of aryl methyl sites for hydroxylation is 1. The minimum atomic E-state index is 0.580. The third kappa shape index (κ3) is 4.41. The summed E-state index contributed by atoms with van der Waals surface area (Å²) in [4.78, 5) is 2.91. The van der Waals surface area contributed by atoms with E-state index in [9.17, 15) is 0 Å². The highest BCUT2D eigenvalue weighted by Crippen LogP contribution is 2.17. The Kier molecular flexibility index (Phi) is 5.01. The maximum atomic E-state index is 5.38. The van der Waals surface area contributed by atoms with Gasteiger partial charge in [-0.3, -0.25) is 0 Å². The van der Waals surface area contributed by atoms with Crippen molar-refractivity contribution in [2.24, 2.45) is 5.92 Å². The molecule has 0 spiro atoms. The second-order valence-corrected chi connectivity index (χ2v) is 6.45. The predicted molar refractivity (Wildman–Crippen MR) is 73.8 cm³/mol. The maximum absolute atomic E-state index is 5.38. The Bertz CT molecular complexity index is 331. The lowest BCUT2D eigenvalue weighted by atomic mass is 10.00. The van der Waals surface area contributed by atoms with E-state index in [1.54, 1.807) is 0 Å². The van der Waals surface area contributed by atoms with Crippen molar-refractivity contribution in [3.63, 3.8) is 0 Å². The Morgan fingerprint density at radius 3 is 2.82 bits per heavy atom. The Morgan fingerprint density at radius 2 is 2.18 bits per heavy atom. The highest BCUT2D eigenvalue weighted by molar-refractivity contribution is 7.11. The van der Waals surface area contributed by atoms with Gasteiger partial charge in [-0.05, 0) is 57.7 Å². The van der Waals surface area contributed by atoms with Crippen LogP contribution in [0.25, 0.3) is 0 Å². The van der Waals surface area contributed by atoms with Gasteiger partial charge in [-0.1, -0.05) is 0 Å². The first-order valence-corrected chi connectivity index (χ1v) is 7.42. The average Bonchev–Trinajstić information content (AvgIpc) is 2.73. The summed E-state index contributed by atoms with van der Waals surface area (Å²) in [7, 11) is 0. The summed E-state index contributed by atoms with van der Waals surface area (Å²) in [5.74, 6) is 0.816. The second-order valence-electron chi connectivity index (χ2n) is 5.08. The second kappa shape index (κ2) is 6.53. The summed E-state index contributed by atoms with van der Waals surface area (Å²) in [5, 5.41) is 3.66. The van der Waals surface area contributed by atoms with E-state index in [4.69, 9.17) is 4.74 Å². The molecule has 0 amide bonds. The topological polar surface area (TPSA) is 21.3 Å². The molecule has 0 radical (unpaired) electrons. The van der Waals surface area contributed by atoms with E-state index in [-0.39, 0.29) is 0 Å². The van der Waals surface area contributed by atoms with Gasteiger partial charge in [-0.15, -0.1) is 11.3 Å².